The highest BCUT2D eigenvalue weighted by Gasteiger charge is 2.16. The lowest BCUT2D eigenvalue weighted by molar-refractivity contribution is -0.0506. The first kappa shape index (κ1) is 15.3. The number of alkyl halides is 2. The number of rotatable bonds is 6. The Morgan fingerprint density at radius 2 is 1.67 bits per heavy atom. The number of likely N-dealkylation sites (N-methyl/N-ethyl adjacent to an activating group) is 1. The lowest BCUT2D eigenvalue weighted by atomic mass is 10.1. The van der Waals surface area contributed by atoms with Crippen molar-refractivity contribution in [3.8, 4) is 5.75 Å². The van der Waals surface area contributed by atoms with E-state index in [-0.39, 0.29) is 5.75 Å². The summed E-state index contributed by atoms with van der Waals surface area (Å²) < 4.78 is 29.4. The summed E-state index contributed by atoms with van der Waals surface area (Å²) in [5.74, 6) is 0.126. The molecule has 2 aromatic rings. The number of anilines is 1. The SMILES string of the molecule is CN(CC(N)c1ccccc1OC(F)F)c1ccccc1. The first-order valence-corrected chi connectivity index (χ1v) is 6.63. The molecule has 112 valence electrons. The molecule has 2 rings (SSSR count). The van der Waals surface area contributed by atoms with Crippen LogP contribution in [0.2, 0.25) is 0 Å². The molecule has 0 radical (unpaired) electrons. The van der Waals surface area contributed by atoms with Crippen molar-refractivity contribution in [1.82, 2.24) is 0 Å². The minimum Gasteiger partial charge on any atom is -0.434 e. The smallest absolute Gasteiger partial charge is 0.387 e. The van der Waals surface area contributed by atoms with E-state index in [1.165, 1.54) is 6.07 Å². The molecule has 0 aromatic heterocycles. The molecule has 2 N–H and O–H groups in total. The standard InChI is InChI=1S/C16H18F2N2O/c1-20(12-7-3-2-4-8-12)11-14(19)13-9-5-6-10-15(13)21-16(17)18/h2-10,14,16H,11,19H2,1H3. The van der Waals surface area contributed by atoms with Crippen molar-refractivity contribution in [2.75, 3.05) is 18.5 Å². The summed E-state index contributed by atoms with van der Waals surface area (Å²) in [6.07, 6.45) is 0. The van der Waals surface area contributed by atoms with E-state index in [4.69, 9.17) is 5.73 Å². The Labute approximate surface area is 122 Å². The Balaban J connectivity index is 2.11. The zero-order valence-electron chi connectivity index (χ0n) is 11.7. The lowest BCUT2D eigenvalue weighted by Crippen LogP contribution is -2.29. The summed E-state index contributed by atoms with van der Waals surface area (Å²) in [6, 6.07) is 15.9. The van der Waals surface area contributed by atoms with Gasteiger partial charge in [0.25, 0.3) is 0 Å². The molecule has 1 unspecified atom stereocenters. The van der Waals surface area contributed by atoms with Gasteiger partial charge in [0, 0.05) is 24.8 Å². The van der Waals surface area contributed by atoms with Crippen molar-refractivity contribution in [1.29, 1.82) is 0 Å². The maximum atomic E-state index is 12.4. The lowest BCUT2D eigenvalue weighted by Gasteiger charge is -2.24. The molecule has 0 saturated heterocycles. The first-order valence-electron chi connectivity index (χ1n) is 6.63. The van der Waals surface area contributed by atoms with E-state index < -0.39 is 12.7 Å². The fourth-order valence-electron chi connectivity index (χ4n) is 2.17. The van der Waals surface area contributed by atoms with Gasteiger partial charge in [0.2, 0.25) is 0 Å². The number of para-hydroxylation sites is 2. The molecule has 0 aliphatic heterocycles. The Morgan fingerprint density at radius 3 is 2.33 bits per heavy atom. The van der Waals surface area contributed by atoms with Crippen LogP contribution in [0.25, 0.3) is 0 Å². The predicted molar refractivity (Wildman–Crippen MR) is 79.7 cm³/mol. The second kappa shape index (κ2) is 7.04. The van der Waals surface area contributed by atoms with Crippen LogP contribution < -0.4 is 15.4 Å². The number of nitrogens with two attached hydrogens (primary N) is 1. The maximum absolute atomic E-state index is 12.4. The van der Waals surface area contributed by atoms with Crippen LogP contribution in [-0.2, 0) is 0 Å². The number of benzene rings is 2. The number of hydrogen-bond acceptors (Lipinski definition) is 3. The van der Waals surface area contributed by atoms with Crippen LogP contribution in [0.4, 0.5) is 14.5 Å². The van der Waals surface area contributed by atoms with Crippen molar-refractivity contribution < 1.29 is 13.5 Å². The average molecular weight is 292 g/mol. The Hall–Kier alpha value is -2.14. The van der Waals surface area contributed by atoms with Crippen molar-refractivity contribution in [3.05, 3.63) is 60.2 Å². The van der Waals surface area contributed by atoms with E-state index in [1.54, 1.807) is 18.2 Å². The molecule has 5 heteroatoms. The van der Waals surface area contributed by atoms with Gasteiger partial charge in [0.05, 0.1) is 6.04 Å². The summed E-state index contributed by atoms with van der Waals surface area (Å²) in [7, 11) is 1.91. The van der Waals surface area contributed by atoms with E-state index in [0.29, 0.717) is 12.1 Å². The molecule has 1 atom stereocenters. The topological polar surface area (TPSA) is 38.5 Å². The minimum atomic E-state index is -2.86. The van der Waals surface area contributed by atoms with Crippen LogP contribution >= 0.6 is 0 Å². The van der Waals surface area contributed by atoms with Gasteiger partial charge in [-0.2, -0.15) is 8.78 Å². The van der Waals surface area contributed by atoms with Crippen LogP contribution in [0.15, 0.2) is 54.6 Å². The Bertz CT molecular complexity index is 563. The molecule has 0 aliphatic carbocycles. The Kier molecular flexibility index (Phi) is 5.11. The third-order valence-electron chi connectivity index (χ3n) is 3.20. The number of hydrogen-bond donors (Lipinski definition) is 1. The van der Waals surface area contributed by atoms with E-state index in [9.17, 15) is 8.78 Å². The highest BCUT2D eigenvalue weighted by atomic mass is 19.3. The summed E-state index contributed by atoms with van der Waals surface area (Å²) in [6.45, 7) is -2.36. The van der Waals surface area contributed by atoms with Gasteiger partial charge in [-0.1, -0.05) is 36.4 Å². The normalized spacial score (nSPS) is 12.2. The highest BCUT2D eigenvalue weighted by Crippen LogP contribution is 2.26. The molecular formula is C16H18F2N2O. The highest BCUT2D eigenvalue weighted by molar-refractivity contribution is 5.46. The van der Waals surface area contributed by atoms with Gasteiger partial charge in [-0.05, 0) is 18.2 Å². The second-order valence-electron chi connectivity index (χ2n) is 4.74. The third kappa shape index (κ3) is 4.16. The van der Waals surface area contributed by atoms with Crippen LogP contribution in [-0.4, -0.2) is 20.2 Å². The molecule has 0 aliphatic rings. The fraction of sp³-hybridized carbons (Fsp3) is 0.250. The number of nitrogens with zero attached hydrogens (tertiary/aromatic N) is 1. The third-order valence-corrected chi connectivity index (χ3v) is 3.20. The van der Waals surface area contributed by atoms with Gasteiger partial charge < -0.3 is 15.4 Å². The van der Waals surface area contributed by atoms with Crippen molar-refractivity contribution in [3.63, 3.8) is 0 Å². The summed E-state index contributed by atoms with van der Waals surface area (Å²) >= 11 is 0. The molecule has 3 nitrogen and oxygen atoms in total. The number of ether oxygens (including phenoxy) is 1. The largest absolute Gasteiger partial charge is 0.434 e. The van der Waals surface area contributed by atoms with Crippen LogP contribution in [0.5, 0.6) is 5.75 Å². The zero-order chi connectivity index (χ0) is 15.2. The molecule has 0 heterocycles. The van der Waals surface area contributed by atoms with Gasteiger partial charge in [0.15, 0.2) is 0 Å². The van der Waals surface area contributed by atoms with E-state index in [1.807, 2.05) is 42.3 Å². The summed E-state index contributed by atoms with van der Waals surface area (Å²) in [5, 5.41) is 0. The predicted octanol–water partition coefficient (Wildman–Crippen LogP) is 3.42. The Morgan fingerprint density at radius 1 is 1.05 bits per heavy atom. The van der Waals surface area contributed by atoms with Gasteiger partial charge >= 0.3 is 6.61 Å². The van der Waals surface area contributed by atoms with Crippen molar-refractivity contribution in [2.24, 2.45) is 5.73 Å². The first-order chi connectivity index (χ1) is 10.1. The molecule has 0 saturated carbocycles. The zero-order valence-corrected chi connectivity index (χ0v) is 11.7. The molecular weight excluding hydrogens is 274 g/mol. The van der Waals surface area contributed by atoms with Crippen LogP contribution in [0.3, 0.4) is 0 Å². The van der Waals surface area contributed by atoms with E-state index in [2.05, 4.69) is 4.74 Å². The molecule has 0 fully saturated rings. The fourth-order valence-corrected chi connectivity index (χ4v) is 2.17. The quantitative estimate of drug-likeness (QED) is 0.886. The molecule has 21 heavy (non-hydrogen) atoms. The maximum Gasteiger partial charge on any atom is 0.387 e. The van der Waals surface area contributed by atoms with Gasteiger partial charge in [0.1, 0.15) is 5.75 Å². The van der Waals surface area contributed by atoms with E-state index >= 15 is 0 Å². The molecule has 2 aromatic carbocycles. The minimum absolute atomic E-state index is 0.126. The molecule has 0 spiro atoms. The van der Waals surface area contributed by atoms with Gasteiger partial charge in [-0.25, -0.2) is 0 Å². The van der Waals surface area contributed by atoms with Gasteiger partial charge in [-0.3, -0.25) is 0 Å². The summed E-state index contributed by atoms with van der Waals surface area (Å²) in [4.78, 5) is 1.98. The van der Waals surface area contributed by atoms with Crippen molar-refractivity contribution in [2.45, 2.75) is 12.7 Å². The number of halogens is 2. The summed E-state index contributed by atoms with van der Waals surface area (Å²) in [5.41, 5.74) is 7.73. The van der Waals surface area contributed by atoms with Crippen LogP contribution in [0.1, 0.15) is 11.6 Å². The monoisotopic (exact) mass is 292 g/mol. The molecule has 0 bridgehead atoms. The average Bonchev–Trinajstić information content (AvgIpc) is 2.48. The van der Waals surface area contributed by atoms with Crippen LogP contribution in [0, 0.1) is 0 Å². The molecule has 0 amide bonds. The van der Waals surface area contributed by atoms with E-state index in [0.717, 1.165) is 5.69 Å². The van der Waals surface area contributed by atoms with Gasteiger partial charge in [-0.15, -0.1) is 0 Å². The second-order valence-corrected chi connectivity index (χ2v) is 4.74. The van der Waals surface area contributed by atoms with Crippen molar-refractivity contribution >= 4 is 5.69 Å².